The van der Waals surface area contributed by atoms with Crippen LogP contribution in [0, 0.1) is 6.54 Å². The highest BCUT2D eigenvalue weighted by molar-refractivity contribution is 4.51. The van der Waals surface area contributed by atoms with Crippen LogP contribution in [0.25, 0.3) is 0 Å². The first kappa shape index (κ1) is 4.13. The molecular formula is C5H11N. The van der Waals surface area contributed by atoms with Gasteiger partial charge in [0, 0.05) is 0 Å². The molecule has 1 fully saturated rings. The summed E-state index contributed by atoms with van der Waals surface area (Å²) in [6.45, 7) is 3.59. The average molecular weight is 85.2 g/mol. The van der Waals surface area contributed by atoms with Gasteiger partial charge in [-0.2, -0.15) is 0 Å². The zero-order valence-electron chi connectivity index (χ0n) is 3.98. The highest BCUT2D eigenvalue weighted by Crippen LogP contribution is 1.94. The molecule has 0 atom stereocenters. The van der Waals surface area contributed by atoms with Crippen molar-refractivity contribution in [3.63, 3.8) is 0 Å². The molecule has 1 aliphatic rings. The van der Waals surface area contributed by atoms with E-state index < -0.39 is 0 Å². The molecule has 0 aliphatic carbocycles. The van der Waals surface area contributed by atoms with Crippen molar-refractivity contribution in [1.82, 2.24) is 0 Å². The van der Waals surface area contributed by atoms with Crippen LogP contribution in [0.2, 0.25) is 0 Å². The molecule has 0 bridgehead atoms. The largest absolute Gasteiger partial charge is 0.477 e. The predicted molar refractivity (Wildman–Crippen MR) is 24.9 cm³/mol. The normalized spacial score (nSPS) is 24.0. The van der Waals surface area contributed by atoms with E-state index in [0.29, 0.717) is 0 Å². The molecule has 0 amide bonds. The van der Waals surface area contributed by atoms with Crippen molar-refractivity contribution in [1.29, 1.82) is 0 Å². The molecule has 0 aromatic carbocycles. The lowest BCUT2D eigenvalue weighted by atomic mass is 10.2. The Bertz CT molecular complexity index is 19.4. The van der Waals surface area contributed by atoms with Crippen LogP contribution in [0.1, 0.15) is 19.3 Å². The minimum atomic E-state index is 1.32. The SMILES string of the molecule is [CH-]1CCCC[NH2+]1. The smallest absolute Gasteiger partial charge is 0.0516 e. The van der Waals surface area contributed by atoms with Crippen molar-refractivity contribution < 1.29 is 5.32 Å². The predicted octanol–water partition coefficient (Wildman–Crippen LogP) is -0.105. The lowest BCUT2D eigenvalue weighted by Crippen LogP contribution is -2.82. The second-order valence-electron chi connectivity index (χ2n) is 1.76. The third kappa shape index (κ3) is 0.977. The third-order valence-electron chi connectivity index (χ3n) is 1.16. The summed E-state index contributed by atoms with van der Waals surface area (Å²) in [5.41, 5.74) is 0. The van der Waals surface area contributed by atoms with Crippen molar-refractivity contribution >= 4 is 0 Å². The number of hydrogen-bond acceptors (Lipinski definition) is 0. The first-order valence-corrected chi connectivity index (χ1v) is 2.65. The zero-order chi connectivity index (χ0) is 4.24. The molecule has 1 heteroatoms. The van der Waals surface area contributed by atoms with E-state index in [4.69, 9.17) is 0 Å². The number of piperidine rings is 1. The van der Waals surface area contributed by atoms with Crippen molar-refractivity contribution in [3.05, 3.63) is 6.54 Å². The second-order valence-corrected chi connectivity index (χ2v) is 1.76. The first-order valence-electron chi connectivity index (χ1n) is 2.65. The van der Waals surface area contributed by atoms with Gasteiger partial charge in [-0.3, -0.25) is 0 Å². The maximum Gasteiger partial charge on any atom is 0.0516 e. The van der Waals surface area contributed by atoms with Crippen LogP contribution in [-0.4, -0.2) is 6.54 Å². The number of quaternary nitrogens is 1. The van der Waals surface area contributed by atoms with Gasteiger partial charge in [-0.25, -0.2) is 0 Å². The Hall–Kier alpha value is -0.0400. The summed E-state index contributed by atoms with van der Waals surface area (Å²) in [6, 6.07) is 0. The molecule has 2 N–H and O–H groups in total. The Balaban J connectivity index is 2.00. The number of hydrogen-bond donors (Lipinski definition) is 1. The van der Waals surface area contributed by atoms with Gasteiger partial charge in [0.2, 0.25) is 0 Å². The monoisotopic (exact) mass is 85.1 g/mol. The van der Waals surface area contributed by atoms with Gasteiger partial charge in [0.05, 0.1) is 6.54 Å². The van der Waals surface area contributed by atoms with E-state index in [-0.39, 0.29) is 0 Å². The van der Waals surface area contributed by atoms with Crippen LogP contribution in [0.5, 0.6) is 0 Å². The molecule has 0 radical (unpaired) electrons. The van der Waals surface area contributed by atoms with Gasteiger partial charge in [-0.05, 0) is 6.42 Å². The van der Waals surface area contributed by atoms with Gasteiger partial charge >= 0.3 is 0 Å². The van der Waals surface area contributed by atoms with Gasteiger partial charge < -0.3 is 5.32 Å². The summed E-state index contributed by atoms with van der Waals surface area (Å²) < 4.78 is 0. The van der Waals surface area contributed by atoms with E-state index >= 15 is 0 Å². The van der Waals surface area contributed by atoms with Gasteiger partial charge in [0.15, 0.2) is 0 Å². The van der Waals surface area contributed by atoms with Crippen LogP contribution in [0.15, 0.2) is 0 Å². The van der Waals surface area contributed by atoms with Crippen molar-refractivity contribution in [3.8, 4) is 0 Å². The minimum Gasteiger partial charge on any atom is -0.477 e. The topological polar surface area (TPSA) is 16.6 Å². The summed E-state index contributed by atoms with van der Waals surface area (Å²) >= 11 is 0. The summed E-state index contributed by atoms with van der Waals surface area (Å²) in [4.78, 5) is 0. The summed E-state index contributed by atoms with van der Waals surface area (Å²) in [5.74, 6) is 0. The lowest BCUT2D eigenvalue weighted by Gasteiger charge is -2.15. The molecule has 6 heavy (non-hydrogen) atoms. The fourth-order valence-electron chi connectivity index (χ4n) is 0.760. The van der Waals surface area contributed by atoms with Gasteiger partial charge in [0.25, 0.3) is 0 Å². The summed E-state index contributed by atoms with van der Waals surface area (Å²) in [7, 11) is 0. The van der Waals surface area contributed by atoms with Crippen LogP contribution in [-0.2, 0) is 0 Å². The number of rotatable bonds is 0. The van der Waals surface area contributed by atoms with Gasteiger partial charge in [-0.1, -0.05) is 6.42 Å². The Morgan fingerprint density at radius 2 is 2.33 bits per heavy atom. The highest BCUT2D eigenvalue weighted by Gasteiger charge is 1.89. The highest BCUT2D eigenvalue weighted by atomic mass is 14.9. The van der Waals surface area contributed by atoms with Crippen LogP contribution >= 0.6 is 0 Å². The fraction of sp³-hybridized carbons (Fsp3) is 0.800. The molecule has 0 unspecified atom stereocenters. The van der Waals surface area contributed by atoms with E-state index in [0.717, 1.165) is 0 Å². The van der Waals surface area contributed by atoms with Crippen LogP contribution in [0.4, 0.5) is 0 Å². The van der Waals surface area contributed by atoms with Crippen LogP contribution in [0.3, 0.4) is 0 Å². The Morgan fingerprint density at radius 1 is 1.33 bits per heavy atom. The van der Waals surface area contributed by atoms with Crippen molar-refractivity contribution in [2.45, 2.75) is 19.3 Å². The quantitative estimate of drug-likeness (QED) is 0.395. The standard InChI is InChI=1S/C5H11N/c1-2-4-6-5-3-1/h4H,1-3,5-6H2. The average Bonchev–Trinajstić information content (AvgIpc) is 1.72. The molecule has 1 heterocycles. The van der Waals surface area contributed by atoms with Gasteiger partial charge in [-0.15, -0.1) is 13.0 Å². The Kier molecular flexibility index (Phi) is 1.51. The molecule has 1 nitrogen and oxygen atoms in total. The second kappa shape index (κ2) is 2.19. The molecule has 0 spiro atoms. The van der Waals surface area contributed by atoms with Gasteiger partial charge in [0.1, 0.15) is 0 Å². The van der Waals surface area contributed by atoms with Crippen LogP contribution < -0.4 is 5.32 Å². The molecule has 1 saturated heterocycles. The molecule has 0 saturated carbocycles. The Morgan fingerprint density at radius 3 is 2.50 bits per heavy atom. The molecular weight excluding hydrogens is 74.1 g/mol. The third-order valence-corrected chi connectivity index (χ3v) is 1.16. The van der Waals surface area contributed by atoms with Crippen molar-refractivity contribution in [2.24, 2.45) is 0 Å². The van der Waals surface area contributed by atoms with Crippen molar-refractivity contribution in [2.75, 3.05) is 6.54 Å². The van der Waals surface area contributed by atoms with E-state index in [2.05, 4.69) is 11.9 Å². The molecule has 1 rings (SSSR count). The molecule has 0 aromatic heterocycles. The fourth-order valence-corrected chi connectivity index (χ4v) is 0.760. The zero-order valence-corrected chi connectivity index (χ0v) is 3.98. The minimum absolute atomic E-state index is 1.32. The van der Waals surface area contributed by atoms with E-state index in [1.165, 1.54) is 25.8 Å². The molecule has 36 valence electrons. The van der Waals surface area contributed by atoms with E-state index in [1.54, 1.807) is 0 Å². The van der Waals surface area contributed by atoms with E-state index in [1.807, 2.05) is 0 Å². The first-order chi connectivity index (χ1) is 3.00. The Labute approximate surface area is 38.7 Å². The number of nitrogens with two attached hydrogens (primary N) is 1. The summed E-state index contributed by atoms with van der Waals surface area (Å²) in [6.07, 6.45) is 4.15. The maximum atomic E-state index is 2.27. The summed E-state index contributed by atoms with van der Waals surface area (Å²) in [5, 5.41) is 2.27. The van der Waals surface area contributed by atoms with E-state index in [9.17, 15) is 0 Å². The lowest BCUT2D eigenvalue weighted by molar-refractivity contribution is -0.624. The molecule has 1 aliphatic heterocycles. The maximum absolute atomic E-state index is 2.27. The molecule has 0 aromatic rings.